The van der Waals surface area contributed by atoms with E-state index < -0.39 is 147 Å². The quantitative estimate of drug-likeness (QED) is 0.0236. The van der Waals surface area contributed by atoms with Crippen LogP contribution in [0.2, 0.25) is 0 Å². The molecule has 3 fully saturated rings. The summed E-state index contributed by atoms with van der Waals surface area (Å²) in [4.78, 5) is 113. The molecule has 0 bridgehead atoms. The molecule has 3 aliphatic heterocycles. The second-order valence-electron chi connectivity index (χ2n) is 18.4. The number of nitrogen functional groups attached to an aromatic ring is 3. The molecule has 0 spiro atoms. The van der Waals surface area contributed by atoms with Gasteiger partial charge >= 0.3 is 36.7 Å². The van der Waals surface area contributed by atoms with E-state index in [1.165, 1.54) is 32.0 Å². The zero-order chi connectivity index (χ0) is 58.8. The number of phosphoric acid groups is 3. The minimum absolute atomic E-state index is 0.00404. The maximum Gasteiger partial charge on any atom is 0.490 e. The first-order chi connectivity index (χ1) is 38.1. The Morgan fingerprint density at radius 2 is 1.33 bits per heavy atom. The van der Waals surface area contributed by atoms with E-state index in [9.17, 15) is 67.5 Å². The highest BCUT2D eigenvalue weighted by Gasteiger charge is 2.58. The third-order valence-electron chi connectivity index (χ3n) is 13.4. The number of nitrogens with one attached hydrogen (secondary N) is 2. The van der Waals surface area contributed by atoms with Crippen LogP contribution in [0.1, 0.15) is 39.0 Å². The number of nitrogens with two attached hydrogens (primary N) is 3. The van der Waals surface area contributed by atoms with Crippen molar-refractivity contribution in [1.82, 2.24) is 58.5 Å². The van der Waals surface area contributed by atoms with Gasteiger partial charge in [-0.3, -0.25) is 51.7 Å². The SMILES string of the molecule is CCN(CC)C(=O)C[C@@H]1[C@@H](COP(=O)(O)OP(=O)(O)OP(=O)(O)OCC2O[C@@H](n3cnc4c(N)ncnc43)[C@H](OC)[C@@H]2P(=O)(O)OC[C@H]2O[C@@H](n3cnc4c(=O)[nH]c(N)nc43)[C@H](O)[C@@H]2O)OC([n+]2cn(C)c3c(=O)[nH]c(N)nc32)[C@@H]1O. The van der Waals surface area contributed by atoms with Crippen LogP contribution >= 0.6 is 31.1 Å². The Kier molecular flexibility index (Phi) is 16.9. The number of fused-ring (bicyclic) bond motifs is 3. The van der Waals surface area contributed by atoms with Crippen molar-refractivity contribution in [3.05, 3.63) is 46.0 Å². The van der Waals surface area contributed by atoms with Gasteiger partial charge < -0.3 is 80.5 Å². The number of carbonyl (C=O) groups is 1. The predicted octanol–water partition coefficient (Wildman–Crippen LogP) is -3.13. The molecule has 39 nitrogen and oxygen atoms in total. The maximum absolute atomic E-state index is 14.5. The molecular weight excluding hydrogens is 1170 g/mol. The number of ether oxygens (including phenoxy) is 4. The van der Waals surface area contributed by atoms with Crippen molar-refractivity contribution in [2.45, 2.75) is 87.3 Å². The van der Waals surface area contributed by atoms with E-state index in [0.717, 1.165) is 30.7 Å². The highest BCUT2D eigenvalue weighted by Crippen LogP contribution is 2.68. The molecule has 3 saturated heterocycles. The second kappa shape index (κ2) is 22.9. The van der Waals surface area contributed by atoms with Gasteiger partial charge in [0.15, 0.2) is 41.4 Å². The fourth-order valence-corrected chi connectivity index (χ4v) is 15.0. The van der Waals surface area contributed by atoms with Gasteiger partial charge in [-0.2, -0.15) is 13.6 Å². The van der Waals surface area contributed by atoms with Gasteiger partial charge in [0.1, 0.15) is 54.1 Å². The van der Waals surface area contributed by atoms with Crippen molar-refractivity contribution in [2.75, 3.05) is 57.2 Å². The number of amides is 1. The highest BCUT2D eigenvalue weighted by atomic mass is 31.3. The molecule has 0 saturated carbocycles. The number of carbonyl (C=O) groups excluding carboxylic acids is 1. The third kappa shape index (κ3) is 12.0. The van der Waals surface area contributed by atoms with Crippen molar-refractivity contribution in [3.8, 4) is 0 Å². The van der Waals surface area contributed by atoms with Crippen LogP contribution in [0.3, 0.4) is 0 Å². The lowest BCUT2D eigenvalue weighted by Crippen LogP contribution is -2.45. The first-order valence-electron chi connectivity index (χ1n) is 24.0. The average Bonchev–Trinajstić information content (AvgIpc) is 4.41. The van der Waals surface area contributed by atoms with Gasteiger partial charge in [0, 0.05) is 32.5 Å². The Balaban J connectivity index is 0.900. The Morgan fingerprint density at radius 3 is 1.99 bits per heavy atom. The average molecular weight is 1230 g/mol. The van der Waals surface area contributed by atoms with Crippen LogP contribution in [0.5, 0.6) is 0 Å². The van der Waals surface area contributed by atoms with E-state index >= 15 is 0 Å². The summed E-state index contributed by atoms with van der Waals surface area (Å²) < 4.78 is 107. The van der Waals surface area contributed by atoms with E-state index in [1.807, 2.05) is 0 Å². The largest absolute Gasteiger partial charge is 0.490 e. The number of aromatic amines is 2. The molecule has 6 unspecified atom stereocenters. The minimum atomic E-state index is -6.26. The van der Waals surface area contributed by atoms with Crippen molar-refractivity contribution >= 4 is 88.2 Å². The molecule has 444 valence electrons. The first-order valence-corrected chi connectivity index (χ1v) is 30.1. The molecule has 0 aromatic carbocycles. The summed E-state index contributed by atoms with van der Waals surface area (Å²) in [6.45, 7) is 0.571. The lowest BCUT2D eigenvalue weighted by atomic mass is 9.93. The van der Waals surface area contributed by atoms with Crippen molar-refractivity contribution in [2.24, 2.45) is 13.0 Å². The summed E-state index contributed by atoms with van der Waals surface area (Å²) in [5.41, 5.74) is 13.7. The molecule has 9 rings (SSSR count). The molecular formula is C38H55N16O23P4+. The molecule has 0 aliphatic carbocycles. The van der Waals surface area contributed by atoms with Crippen LogP contribution in [0.15, 0.2) is 34.9 Å². The van der Waals surface area contributed by atoms with E-state index in [0.29, 0.717) is 0 Å². The standard InChI is InChI=1S/C38H54N16O23P4/c1-5-51(6-2)19(55)7-15-16(73-34(23(15)56)54-14-50(3)22-31(54)47-38(41)49-33(22)60)8-71-79(63,64)76-81(67,68)77-80(65,66)72-10-18-27(26(69-4)36(75-18)52-12-44-20-28(39)42-11-43-29(20)52)78(61,62)70-9-17-24(57)25(58)35(74-17)53-13-45-21-30(53)46-37(40)48-32(21)59/h11-18,23-27,34-36,56-58H,5-10H2,1-4H3,(H11-,39,40,41,42,43,46,47,48,49,59,60,61,62,63,64,65,66,67,68)/p+1/t15-,16-,17-,18?,23-,24-,25-,26-,27-,34?,35-,36-/m1/s1. The number of imidazole rings is 3. The normalized spacial score (nSPS) is 29.0. The molecule has 3 aliphatic rings. The molecule has 81 heavy (non-hydrogen) atoms. The number of phosphoric ester groups is 2. The van der Waals surface area contributed by atoms with Crippen LogP contribution < -0.4 is 32.9 Å². The molecule has 9 heterocycles. The Hall–Kier alpha value is -5.60. The van der Waals surface area contributed by atoms with Gasteiger partial charge in [-0.25, -0.2) is 38.2 Å². The summed E-state index contributed by atoms with van der Waals surface area (Å²) in [5.74, 6) is -2.44. The molecule has 16 atom stereocenters. The summed E-state index contributed by atoms with van der Waals surface area (Å²) in [7, 11) is -21.0. The maximum atomic E-state index is 14.5. The molecule has 0 radical (unpaired) electrons. The van der Waals surface area contributed by atoms with E-state index in [-0.39, 0.29) is 64.3 Å². The number of aliphatic hydroxyl groups excluding tert-OH is 3. The van der Waals surface area contributed by atoms with Gasteiger partial charge in [-0.1, -0.05) is 4.98 Å². The molecule has 6 aromatic heterocycles. The van der Waals surface area contributed by atoms with E-state index in [1.54, 1.807) is 13.8 Å². The first kappa shape index (κ1) is 60.0. The van der Waals surface area contributed by atoms with Gasteiger partial charge in [0.05, 0.1) is 45.6 Å². The minimum Gasteiger partial charge on any atom is -0.387 e. The number of anilines is 3. The Bertz CT molecular complexity index is 3670. The number of rotatable bonds is 22. The van der Waals surface area contributed by atoms with Crippen LogP contribution in [0.4, 0.5) is 17.7 Å². The molecule has 43 heteroatoms. The fraction of sp³-hybridized carbons (Fsp3) is 0.579. The number of hydrogen-bond acceptors (Lipinski definition) is 28. The zero-order valence-electron chi connectivity index (χ0n) is 42.6. The van der Waals surface area contributed by atoms with Gasteiger partial charge in [-0.15, -0.1) is 0 Å². The molecule has 6 aromatic rings. The smallest absolute Gasteiger partial charge is 0.387 e. The number of methoxy groups -OCH3 is 1. The van der Waals surface area contributed by atoms with Gasteiger partial charge in [0.2, 0.25) is 23.6 Å². The highest BCUT2D eigenvalue weighted by molar-refractivity contribution is 7.66. The lowest BCUT2D eigenvalue weighted by molar-refractivity contribution is -0.745. The monoisotopic (exact) mass is 1230 g/mol. The Labute approximate surface area is 452 Å². The number of nitrogens with zero attached hydrogens (tertiary/aromatic N) is 11. The van der Waals surface area contributed by atoms with Crippen molar-refractivity contribution < 1.29 is 104 Å². The van der Waals surface area contributed by atoms with Gasteiger partial charge in [-0.05, 0) is 13.8 Å². The second-order valence-corrected chi connectivity index (χ2v) is 25.0. The van der Waals surface area contributed by atoms with Crippen molar-refractivity contribution in [3.63, 3.8) is 0 Å². The Morgan fingerprint density at radius 1 is 0.741 bits per heavy atom. The van der Waals surface area contributed by atoms with Gasteiger partial charge in [0.25, 0.3) is 17.1 Å². The summed E-state index contributed by atoms with van der Waals surface area (Å²) in [6, 6.07) is 0. The zero-order valence-corrected chi connectivity index (χ0v) is 46.2. The van der Waals surface area contributed by atoms with Crippen LogP contribution in [0, 0.1) is 5.92 Å². The van der Waals surface area contributed by atoms with Crippen LogP contribution in [-0.2, 0) is 71.2 Å². The lowest BCUT2D eigenvalue weighted by Gasteiger charge is -2.28. The number of aliphatic hydroxyl groups is 3. The summed E-state index contributed by atoms with van der Waals surface area (Å²) in [6.07, 6.45) is -12.2. The van der Waals surface area contributed by atoms with Crippen LogP contribution in [0.25, 0.3) is 33.5 Å². The topological polar surface area (TPSA) is 553 Å². The van der Waals surface area contributed by atoms with E-state index in [4.69, 9.17) is 49.7 Å². The summed E-state index contributed by atoms with van der Waals surface area (Å²) >= 11 is 0. The number of H-pyrrole nitrogens is 2. The number of hydrogen-bond donors (Lipinski definition) is 12. The van der Waals surface area contributed by atoms with Crippen molar-refractivity contribution in [1.29, 1.82) is 0 Å². The number of aryl methyl sites for hydroxylation is 1. The fourth-order valence-electron chi connectivity index (χ4n) is 9.74. The predicted molar refractivity (Wildman–Crippen MR) is 268 cm³/mol. The van der Waals surface area contributed by atoms with E-state index in [2.05, 4.69) is 48.5 Å². The van der Waals surface area contributed by atoms with Crippen LogP contribution in [-0.4, -0.2) is 188 Å². The number of aromatic nitrogens is 12. The summed E-state index contributed by atoms with van der Waals surface area (Å²) in [5, 5.41) is 33.6. The molecule has 1 amide bonds. The third-order valence-corrected chi connectivity index (χ3v) is 19.6. The molecule has 15 N–H and O–H groups in total.